The molecule has 2 unspecified atom stereocenters. The highest BCUT2D eigenvalue weighted by Gasteiger charge is 2.18. The van der Waals surface area contributed by atoms with Crippen LogP contribution in [-0.2, 0) is 16.0 Å². The van der Waals surface area contributed by atoms with E-state index in [0.29, 0.717) is 34.7 Å². The molecule has 4 rings (SSSR count). The fourth-order valence-electron chi connectivity index (χ4n) is 3.49. The van der Waals surface area contributed by atoms with Crippen molar-refractivity contribution in [3.8, 4) is 22.6 Å². The lowest BCUT2D eigenvalue weighted by molar-refractivity contribution is -0.144. The number of hydrogen-bond donors (Lipinski definition) is 1. The first-order valence-corrected chi connectivity index (χ1v) is 12.1. The Labute approximate surface area is 212 Å². The molecule has 2 aromatic carbocycles. The maximum atomic E-state index is 14.3. The van der Waals surface area contributed by atoms with Crippen LogP contribution in [0.5, 0.6) is 11.5 Å². The molecule has 0 radical (unpaired) electrons. The van der Waals surface area contributed by atoms with Crippen LogP contribution >= 0.6 is 0 Å². The van der Waals surface area contributed by atoms with E-state index in [1.807, 2.05) is 25.1 Å². The first-order valence-electron chi connectivity index (χ1n) is 12.1. The molecule has 1 aliphatic carbocycles. The van der Waals surface area contributed by atoms with E-state index in [-0.39, 0.29) is 24.3 Å². The van der Waals surface area contributed by atoms with Crippen molar-refractivity contribution >= 4 is 5.97 Å². The van der Waals surface area contributed by atoms with Crippen molar-refractivity contribution in [1.29, 1.82) is 0 Å². The smallest absolute Gasteiger partial charge is 0.308 e. The third kappa shape index (κ3) is 7.52. The number of hydrogen-bond acceptors (Lipinski definition) is 6. The van der Waals surface area contributed by atoms with Gasteiger partial charge >= 0.3 is 5.97 Å². The molecule has 1 saturated carbocycles. The normalized spacial score (nSPS) is 13.6. The standard InChI is InChI=1S/C26H28FNO5.C3H6/c1-16-5-6-18(11-17(2)26(30)32-4)12-24(16)33-25(15-29)23-10-7-19(14-28-23)21-13-20(31-3)8-9-22(21)27;1-2-3-1/h5-10,12-14,17,25,29H,11,15H2,1-4H3;1-3H2. The summed E-state index contributed by atoms with van der Waals surface area (Å²) in [5.41, 5.74) is 3.28. The quantitative estimate of drug-likeness (QED) is 0.376. The molecule has 0 aliphatic heterocycles. The van der Waals surface area contributed by atoms with E-state index in [2.05, 4.69) is 4.98 Å². The van der Waals surface area contributed by atoms with Crippen LogP contribution in [-0.4, -0.2) is 36.9 Å². The topological polar surface area (TPSA) is 77.9 Å². The van der Waals surface area contributed by atoms with E-state index in [4.69, 9.17) is 14.2 Å². The van der Waals surface area contributed by atoms with Gasteiger partial charge in [-0.3, -0.25) is 9.78 Å². The Bertz CT molecular complexity index is 1140. The predicted octanol–water partition coefficient (Wildman–Crippen LogP) is 5.84. The number of aliphatic hydroxyl groups excluding tert-OH is 1. The maximum absolute atomic E-state index is 14.3. The van der Waals surface area contributed by atoms with Gasteiger partial charge in [-0.1, -0.05) is 44.4 Å². The Morgan fingerprint density at radius 3 is 2.42 bits per heavy atom. The molecule has 0 bridgehead atoms. The maximum Gasteiger partial charge on any atom is 0.308 e. The number of methoxy groups -OCH3 is 2. The second-order valence-corrected chi connectivity index (χ2v) is 8.90. The molecule has 6 nitrogen and oxygen atoms in total. The second-order valence-electron chi connectivity index (χ2n) is 8.90. The van der Waals surface area contributed by atoms with Crippen LogP contribution in [0.3, 0.4) is 0 Å². The van der Waals surface area contributed by atoms with Gasteiger partial charge in [0.25, 0.3) is 0 Å². The van der Waals surface area contributed by atoms with Gasteiger partial charge in [0.05, 0.1) is 32.4 Å². The molecule has 1 N–H and O–H groups in total. The van der Waals surface area contributed by atoms with Crippen molar-refractivity contribution in [3.05, 3.63) is 77.4 Å². The summed E-state index contributed by atoms with van der Waals surface area (Å²) in [6.07, 6.45) is 5.84. The number of nitrogens with zero attached hydrogens (tertiary/aromatic N) is 1. The van der Waals surface area contributed by atoms with Gasteiger partial charge in [0.15, 0.2) is 6.10 Å². The number of benzene rings is 2. The van der Waals surface area contributed by atoms with E-state index in [0.717, 1.165) is 11.1 Å². The third-order valence-electron chi connectivity index (χ3n) is 5.79. The monoisotopic (exact) mass is 495 g/mol. The van der Waals surface area contributed by atoms with Crippen molar-refractivity contribution < 1.29 is 28.5 Å². The van der Waals surface area contributed by atoms with Gasteiger partial charge in [-0.25, -0.2) is 4.39 Å². The van der Waals surface area contributed by atoms with Crippen LogP contribution < -0.4 is 9.47 Å². The molecule has 3 aromatic rings. The van der Waals surface area contributed by atoms with Crippen molar-refractivity contribution in [3.63, 3.8) is 0 Å². The molecule has 7 heteroatoms. The van der Waals surface area contributed by atoms with Crippen LogP contribution in [0.4, 0.5) is 4.39 Å². The number of rotatable bonds is 9. The molecule has 0 spiro atoms. The summed E-state index contributed by atoms with van der Waals surface area (Å²) in [7, 11) is 2.89. The molecule has 2 atom stereocenters. The molecule has 1 fully saturated rings. The average molecular weight is 496 g/mol. The lowest BCUT2D eigenvalue weighted by Gasteiger charge is -2.19. The summed E-state index contributed by atoms with van der Waals surface area (Å²) < 4.78 is 30.3. The van der Waals surface area contributed by atoms with Gasteiger partial charge in [-0.2, -0.15) is 0 Å². The molecule has 1 aliphatic rings. The lowest BCUT2D eigenvalue weighted by Crippen LogP contribution is -2.16. The summed E-state index contributed by atoms with van der Waals surface area (Å²) in [5, 5.41) is 9.95. The second kappa shape index (κ2) is 13.0. The number of ether oxygens (including phenoxy) is 3. The van der Waals surface area contributed by atoms with Crippen LogP contribution in [0, 0.1) is 18.7 Å². The number of carbonyl (C=O) groups is 1. The summed E-state index contributed by atoms with van der Waals surface area (Å²) in [4.78, 5) is 16.1. The first kappa shape index (κ1) is 27.1. The molecule has 1 heterocycles. The zero-order chi connectivity index (χ0) is 26.1. The number of aryl methyl sites for hydroxylation is 1. The molecular weight excluding hydrogens is 461 g/mol. The summed E-state index contributed by atoms with van der Waals surface area (Å²) >= 11 is 0. The van der Waals surface area contributed by atoms with Crippen LogP contribution in [0.2, 0.25) is 0 Å². The average Bonchev–Trinajstić information content (AvgIpc) is 3.79. The molecule has 36 heavy (non-hydrogen) atoms. The summed E-state index contributed by atoms with van der Waals surface area (Å²) in [6, 6.07) is 13.6. The van der Waals surface area contributed by atoms with Crippen molar-refractivity contribution in [2.45, 2.75) is 45.6 Å². The number of esters is 1. The first-order chi connectivity index (χ1) is 17.4. The van der Waals surface area contributed by atoms with Crippen molar-refractivity contribution in [1.82, 2.24) is 4.98 Å². The SMILES string of the molecule is C1CC1.COC(=O)C(C)Cc1ccc(C)c(OC(CO)c2ccc(-c3cc(OC)ccc3F)cn2)c1. The van der Waals surface area contributed by atoms with Gasteiger partial charge in [0, 0.05) is 17.3 Å². The van der Waals surface area contributed by atoms with Crippen LogP contribution in [0.15, 0.2) is 54.7 Å². The Morgan fingerprint density at radius 1 is 1.08 bits per heavy atom. The molecule has 1 aromatic heterocycles. The molecule has 0 saturated heterocycles. The fourth-order valence-corrected chi connectivity index (χ4v) is 3.49. The van der Waals surface area contributed by atoms with Gasteiger partial charge in [-0.15, -0.1) is 0 Å². The number of halogens is 1. The minimum absolute atomic E-state index is 0.275. The minimum atomic E-state index is -0.707. The highest BCUT2D eigenvalue weighted by molar-refractivity contribution is 5.72. The van der Waals surface area contributed by atoms with Gasteiger partial charge in [0.2, 0.25) is 0 Å². The van der Waals surface area contributed by atoms with E-state index in [9.17, 15) is 14.3 Å². The largest absolute Gasteiger partial charge is 0.497 e. The molecule has 0 amide bonds. The Morgan fingerprint density at radius 2 is 1.83 bits per heavy atom. The van der Waals surface area contributed by atoms with E-state index >= 15 is 0 Å². The van der Waals surface area contributed by atoms with Crippen molar-refractivity contribution in [2.24, 2.45) is 5.92 Å². The van der Waals surface area contributed by atoms with E-state index in [1.54, 1.807) is 37.4 Å². The number of aromatic nitrogens is 1. The van der Waals surface area contributed by atoms with Crippen LogP contribution in [0.1, 0.15) is 49.1 Å². The number of aliphatic hydroxyl groups is 1. The Hall–Kier alpha value is -3.45. The zero-order valence-electron chi connectivity index (χ0n) is 21.3. The Balaban J connectivity index is 0.00000112. The van der Waals surface area contributed by atoms with Gasteiger partial charge in [-0.05, 0) is 54.8 Å². The van der Waals surface area contributed by atoms with E-state index in [1.165, 1.54) is 39.5 Å². The fraction of sp³-hybridized carbons (Fsp3) is 0.379. The Kier molecular flexibility index (Phi) is 9.82. The third-order valence-corrected chi connectivity index (χ3v) is 5.79. The number of carbonyl (C=O) groups excluding carboxylic acids is 1. The predicted molar refractivity (Wildman–Crippen MR) is 137 cm³/mol. The van der Waals surface area contributed by atoms with Crippen molar-refractivity contribution in [2.75, 3.05) is 20.8 Å². The van der Waals surface area contributed by atoms with Crippen LogP contribution in [0.25, 0.3) is 11.1 Å². The van der Waals surface area contributed by atoms with Gasteiger partial charge < -0.3 is 19.3 Å². The molecular formula is C29H34FNO5. The minimum Gasteiger partial charge on any atom is -0.497 e. The molecule has 192 valence electrons. The summed E-state index contributed by atoms with van der Waals surface area (Å²) in [5.74, 6) is 0.194. The summed E-state index contributed by atoms with van der Waals surface area (Å²) in [6.45, 7) is 3.42. The van der Waals surface area contributed by atoms with E-state index < -0.39 is 6.10 Å². The highest BCUT2D eigenvalue weighted by Crippen LogP contribution is 2.30. The highest BCUT2D eigenvalue weighted by atomic mass is 19.1. The lowest BCUT2D eigenvalue weighted by atomic mass is 10.00. The zero-order valence-corrected chi connectivity index (χ0v) is 21.3. The van der Waals surface area contributed by atoms with Gasteiger partial charge in [0.1, 0.15) is 17.3 Å². The number of pyridine rings is 1.